The Hall–Kier alpha value is -2.66. The highest BCUT2D eigenvalue weighted by Crippen LogP contribution is 2.25. The minimum absolute atomic E-state index is 0.0326. The third-order valence-electron chi connectivity index (χ3n) is 3.02. The molecule has 2 N–H and O–H groups in total. The molecule has 0 bridgehead atoms. The van der Waals surface area contributed by atoms with Gasteiger partial charge in [0.25, 0.3) is 0 Å². The van der Waals surface area contributed by atoms with Crippen LogP contribution in [0.5, 0.6) is 0 Å². The zero-order valence-electron chi connectivity index (χ0n) is 11.5. The van der Waals surface area contributed by atoms with Crippen molar-refractivity contribution in [2.75, 3.05) is 0 Å². The second-order valence-electron chi connectivity index (χ2n) is 4.68. The first-order chi connectivity index (χ1) is 10.6. The first-order valence-electron chi connectivity index (χ1n) is 6.58. The van der Waals surface area contributed by atoms with Crippen LogP contribution in [-0.2, 0) is 11.2 Å². The second-order valence-corrected chi connectivity index (χ2v) is 5.12. The summed E-state index contributed by atoms with van der Waals surface area (Å²) in [6, 6.07) is 12.6. The molecule has 0 aliphatic rings. The van der Waals surface area contributed by atoms with Gasteiger partial charge in [0, 0.05) is 10.6 Å². The molecule has 0 atom stereocenters. The van der Waals surface area contributed by atoms with E-state index in [-0.39, 0.29) is 6.42 Å². The quantitative estimate of drug-likeness (QED) is 0.802. The Morgan fingerprint density at radius 3 is 2.50 bits per heavy atom. The van der Waals surface area contributed by atoms with E-state index in [1.165, 1.54) is 0 Å². The molecular weight excluding hydrogens is 302 g/mol. The number of aromatic nitrogens is 2. The molecule has 3 rings (SSSR count). The van der Waals surface area contributed by atoms with E-state index in [2.05, 4.69) is 9.97 Å². The van der Waals surface area contributed by atoms with Crippen molar-refractivity contribution < 1.29 is 9.21 Å². The van der Waals surface area contributed by atoms with Crippen molar-refractivity contribution in [3.05, 3.63) is 59.6 Å². The molecule has 3 aromatic rings. The fourth-order valence-corrected chi connectivity index (χ4v) is 2.18. The number of amides is 1. The van der Waals surface area contributed by atoms with Gasteiger partial charge in [-0.2, -0.15) is 0 Å². The van der Waals surface area contributed by atoms with Crippen LogP contribution in [0.2, 0.25) is 5.02 Å². The first-order valence-corrected chi connectivity index (χ1v) is 6.96. The van der Waals surface area contributed by atoms with Crippen LogP contribution in [0.1, 0.15) is 5.82 Å². The van der Waals surface area contributed by atoms with Gasteiger partial charge in [-0.1, -0.05) is 23.7 Å². The van der Waals surface area contributed by atoms with E-state index < -0.39 is 5.91 Å². The van der Waals surface area contributed by atoms with Crippen LogP contribution < -0.4 is 5.73 Å². The fourth-order valence-electron chi connectivity index (χ4n) is 2.05. The van der Waals surface area contributed by atoms with Crippen molar-refractivity contribution in [1.29, 1.82) is 0 Å². The summed E-state index contributed by atoms with van der Waals surface area (Å²) < 4.78 is 5.36. The number of furan rings is 1. The average molecular weight is 314 g/mol. The number of hydrogen-bond acceptors (Lipinski definition) is 4. The van der Waals surface area contributed by atoms with Gasteiger partial charge in [0.05, 0.1) is 18.4 Å². The predicted molar refractivity (Wildman–Crippen MR) is 83.1 cm³/mol. The smallest absolute Gasteiger partial charge is 0.225 e. The zero-order chi connectivity index (χ0) is 15.5. The Balaban J connectivity index is 2.10. The Morgan fingerprint density at radius 2 is 1.86 bits per heavy atom. The summed E-state index contributed by atoms with van der Waals surface area (Å²) in [5, 5.41) is 0.640. The third kappa shape index (κ3) is 3.15. The molecule has 0 spiro atoms. The maximum Gasteiger partial charge on any atom is 0.225 e. The molecule has 110 valence electrons. The largest absolute Gasteiger partial charge is 0.463 e. The molecule has 0 saturated carbocycles. The molecule has 0 radical (unpaired) electrons. The Labute approximate surface area is 131 Å². The second kappa shape index (κ2) is 5.99. The number of primary amides is 1. The molecule has 1 aromatic carbocycles. The summed E-state index contributed by atoms with van der Waals surface area (Å²) in [7, 11) is 0. The van der Waals surface area contributed by atoms with Gasteiger partial charge in [-0.25, -0.2) is 9.97 Å². The van der Waals surface area contributed by atoms with Crippen molar-refractivity contribution in [3.8, 4) is 22.7 Å². The lowest BCUT2D eigenvalue weighted by atomic mass is 10.1. The van der Waals surface area contributed by atoms with Crippen LogP contribution in [0, 0.1) is 0 Å². The maximum atomic E-state index is 11.2. The highest BCUT2D eigenvalue weighted by molar-refractivity contribution is 6.30. The molecule has 1 amide bonds. The topological polar surface area (TPSA) is 82.0 Å². The summed E-state index contributed by atoms with van der Waals surface area (Å²) >= 11 is 5.90. The lowest BCUT2D eigenvalue weighted by Crippen LogP contribution is -2.16. The summed E-state index contributed by atoms with van der Waals surface area (Å²) in [6.07, 6.45) is 1.53. The normalized spacial score (nSPS) is 10.6. The number of hydrogen-bond donors (Lipinski definition) is 1. The molecule has 2 aromatic heterocycles. The molecule has 22 heavy (non-hydrogen) atoms. The van der Waals surface area contributed by atoms with E-state index in [1.807, 2.05) is 12.1 Å². The van der Waals surface area contributed by atoms with Crippen molar-refractivity contribution in [2.45, 2.75) is 6.42 Å². The highest BCUT2D eigenvalue weighted by Gasteiger charge is 2.11. The van der Waals surface area contributed by atoms with Gasteiger partial charge >= 0.3 is 0 Å². The molecule has 5 nitrogen and oxygen atoms in total. The van der Waals surface area contributed by atoms with Gasteiger partial charge < -0.3 is 10.2 Å². The SMILES string of the molecule is NC(=O)Cc1nc(-c2ccc(Cl)cc2)cc(-c2ccco2)n1. The van der Waals surface area contributed by atoms with Gasteiger partial charge in [0.1, 0.15) is 11.5 Å². The minimum atomic E-state index is -0.487. The number of carbonyl (C=O) groups is 1. The van der Waals surface area contributed by atoms with Crippen LogP contribution >= 0.6 is 11.6 Å². The van der Waals surface area contributed by atoms with E-state index >= 15 is 0 Å². The highest BCUT2D eigenvalue weighted by atomic mass is 35.5. The third-order valence-corrected chi connectivity index (χ3v) is 3.27. The fraction of sp³-hybridized carbons (Fsp3) is 0.0625. The van der Waals surface area contributed by atoms with Gasteiger partial charge in [-0.3, -0.25) is 4.79 Å². The van der Waals surface area contributed by atoms with E-state index in [4.69, 9.17) is 21.8 Å². The average Bonchev–Trinajstić information content (AvgIpc) is 3.01. The molecule has 0 aliphatic carbocycles. The summed E-state index contributed by atoms with van der Waals surface area (Å²) in [5.74, 6) is 0.466. The van der Waals surface area contributed by atoms with Crippen LogP contribution in [0.4, 0.5) is 0 Å². The van der Waals surface area contributed by atoms with E-state index in [9.17, 15) is 4.79 Å². The predicted octanol–water partition coefficient (Wildman–Crippen LogP) is 3.08. The van der Waals surface area contributed by atoms with Gasteiger partial charge in [-0.05, 0) is 30.3 Å². The summed E-state index contributed by atoms with van der Waals surface area (Å²) in [4.78, 5) is 19.9. The maximum absolute atomic E-state index is 11.2. The molecule has 0 aliphatic heterocycles. The number of nitrogens with zero attached hydrogens (tertiary/aromatic N) is 2. The molecule has 2 heterocycles. The Kier molecular flexibility index (Phi) is 3.89. The van der Waals surface area contributed by atoms with Crippen LogP contribution in [-0.4, -0.2) is 15.9 Å². The Morgan fingerprint density at radius 1 is 1.14 bits per heavy atom. The lowest BCUT2D eigenvalue weighted by Gasteiger charge is -2.06. The zero-order valence-corrected chi connectivity index (χ0v) is 12.2. The van der Waals surface area contributed by atoms with Crippen molar-refractivity contribution in [1.82, 2.24) is 9.97 Å². The van der Waals surface area contributed by atoms with Crippen LogP contribution in [0.3, 0.4) is 0 Å². The number of rotatable bonds is 4. The van der Waals surface area contributed by atoms with E-state index in [0.29, 0.717) is 28.0 Å². The molecule has 6 heteroatoms. The number of nitrogens with two attached hydrogens (primary N) is 1. The number of benzene rings is 1. The standard InChI is InChI=1S/C16H12ClN3O2/c17-11-5-3-10(4-6-11)12-8-13(14-2-1-7-22-14)20-16(19-12)9-15(18)21/h1-8H,9H2,(H2,18,21). The van der Waals surface area contributed by atoms with Gasteiger partial charge in [0.2, 0.25) is 5.91 Å². The van der Waals surface area contributed by atoms with Crippen LogP contribution in [0.15, 0.2) is 53.1 Å². The van der Waals surface area contributed by atoms with Crippen LogP contribution in [0.25, 0.3) is 22.7 Å². The first kappa shape index (κ1) is 14.3. The summed E-state index contributed by atoms with van der Waals surface area (Å²) in [6.45, 7) is 0. The monoisotopic (exact) mass is 313 g/mol. The number of carbonyl (C=O) groups excluding carboxylic acids is 1. The molecule has 0 unspecified atom stereocenters. The van der Waals surface area contributed by atoms with Gasteiger partial charge in [-0.15, -0.1) is 0 Å². The Bertz CT molecular complexity index is 799. The van der Waals surface area contributed by atoms with Crippen molar-refractivity contribution in [2.24, 2.45) is 5.73 Å². The lowest BCUT2D eigenvalue weighted by molar-refractivity contribution is -0.117. The van der Waals surface area contributed by atoms with E-state index in [1.54, 1.807) is 36.6 Å². The molecule has 0 saturated heterocycles. The van der Waals surface area contributed by atoms with Gasteiger partial charge in [0.15, 0.2) is 5.76 Å². The number of halogens is 1. The molecular formula is C16H12ClN3O2. The molecule has 0 fully saturated rings. The van der Waals surface area contributed by atoms with E-state index in [0.717, 1.165) is 5.56 Å². The minimum Gasteiger partial charge on any atom is -0.463 e. The van der Waals surface area contributed by atoms with Crippen molar-refractivity contribution >= 4 is 17.5 Å². The van der Waals surface area contributed by atoms with Crippen molar-refractivity contribution in [3.63, 3.8) is 0 Å². The summed E-state index contributed by atoms with van der Waals surface area (Å²) in [5.41, 5.74) is 7.38.